The monoisotopic (exact) mass is 412 g/mol. The molecule has 0 amide bonds. The number of hydrogen-bond donors (Lipinski definition) is 1. The van der Waals surface area contributed by atoms with Crippen molar-refractivity contribution in [2.75, 3.05) is 0 Å². The summed E-state index contributed by atoms with van der Waals surface area (Å²) in [4.78, 5) is 31.6. The first-order valence-electron chi connectivity index (χ1n) is 9.35. The molecular weight excluding hydrogens is 392 g/mol. The van der Waals surface area contributed by atoms with Crippen molar-refractivity contribution in [3.05, 3.63) is 39.1 Å². The molecule has 9 heteroatoms. The Balaban J connectivity index is 1.53. The summed E-state index contributed by atoms with van der Waals surface area (Å²) in [6.45, 7) is 4.31. The van der Waals surface area contributed by atoms with Gasteiger partial charge in [-0.15, -0.1) is 11.3 Å². The molecule has 5 rings (SSSR count). The molecule has 4 aromatic heterocycles. The van der Waals surface area contributed by atoms with Crippen LogP contribution in [-0.4, -0.2) is 29.7 Å². The maximum atomic E-state index is 12.8. The zero-order valence-electron chi connectivity index (χ0n) is 15.9. The fraction of sp³-hybridized carbons (Fsp3) is 0.421. The molecule has 4 aromatic rings. The first-order valence-corrected chi connectivity index (χ1v) is 11.0. The Labute approximate surface area is 169 Å². The van der Waals surface area contributed by atoms with E-state index in [1.54, 1.807) is 40.3 Å². The van der Waals surface area contributed by atoms with Crippen LogP contribution in [0.15, 0.2) is 22.3 Å². The second-order valence-electron chi connectivity index (χ2n) is 7.43. The van der Waals surface area contributed by atoms with Crippen molar-refractivity contribution in [1.29, 1.82) is 0 Å². The summed E-state index contributed by atoms with van der Waals surface area (Å²) in [7, 11) is 1.86. The minimum atomic E-state index is -0.0477. The standard InChI is InChI=1S/C19H20N6OS2/c1-9-4-5-11-13(6-9)28-19-14(11)17(26)23-15(24-19)10(2)27-18-12-7-22-25(3)16(12)20-8-21-18/h7-10H,4-6H2,1-3H3,(H,23,24,26). The van der Waals surface area contributed by atoms with E-state index in [-0.39, 0.29) is 10.8 Å². The van der Waals surface area contributed by atoms with Crippen molar-refractivity contribution in [3.63, 3.8) is 0 Å². The summed E-state index contributed by atoms with van der Waals surface area (Å²) >= 11 is 3.24. The fourth-order valence-corrected chi connectivity index (χ4v) is 6.14. The number of thioether (sulfide) groups is 1. The molecule has 2 atom stereocenters. The van der Waals surface area contributed by atoms with Crippen LogP contribution in [0.25, 0.3) is 21.3 Å². The van der Waals surface area contributed by atoms with E-state index in [4.69, 9.17) is 4.98 Å². The number of aromatic amines is 1. The van der Waals surface area contributed by atoms with Gasteiger partial charge in [-0.1, -0.05) is 18.7 Å². The van der Waals surface area contributed by atoms with Gasteiger partial charge in [0.15, 0.2) is 5.65 Å². The molecule has 0 aliphatic heterocycles. The zero-order chi connectivity index (χ0) is 19.4. The molecule has 2 unspecified atom stereocenters. The van der Waals surface area contributed by atoms with Crippen LogP contribution < -0.4 is 5.56 Å². The molecule has 28 heavy (non-hydrogen) atoms. The summed E-state index contributed by atoms with van der Waals surface area (Å²) in [6, 6.07) is 0. The van der Waals surface area contributed by atoms with Crippen molar-refractivity contribution < 1.29 is 0 Å². The largest absolute Gasteiger partial charge is 0.309 e. The Bertz CT molecular complexity index is 1260. The van der Waals surface area contributed by atoms with Gasteiger partial charge in [-0.05, 0) is 37.7 Å². The third-order valence-electron chi connectivity index (χ3n) is 5.35. The molecule has 0 saturated carbocycles. The maximum absolute atomic E-state index is 12.8. The summed E-state index contributed by atoms with van der Waals surface area (Å²) in [5, 5.41) is 6.76. The summed E-state index contributed by atoms with van der Waals surface area (Å²) in [6.07, 6.45) is 6.49. The van der Waals surface area contributed by atoms with Crippen LogP contribution >= 0.6 is 23.1 Å². The molecule has 1 aliphatic rings. The van der Waals surface area contributed by atoms with E-state index in [1.165, 1.54) is 10.4 Å². The van der Waals surface area contributed by atoms with E-state index in [2.05, 4.69) is 27.0 Å². The first kappa shape index (κ1) is 17.8. The van der Waals surface area contributed by atoms with Gasteiger partial charge in [-0.25, -0.2) is 15.0 Å². The lowest BCUT2D eigenvalue weighted by atomic mass is 9.89. The molecule has 4 heterocycles. The van der Waals surface area contributed by atoms with Gasteiger partial charge in [-0.3, -0.25) is 9.48 Å². The molecule has 7 nitrogen and oxygen atoms in total. The van der Waals surface area contributed by atoms with Gasteiger partial charge in [0.1, 0.15) is 22.0 Å². The Morgan fingerprint density at radius 2 is 2.25 bits per heavy atom. The van der Waals surface area contributed by atoms with Crippen molar-refractivity contribution in [2.24, 2.45) is 13.0 Å². The SMILES string of the molecule is CC1CCc2c(sc3nc(C(C)Sc4ncnc5c4cnn5C)[nH]c(=O)c23)C1. The van der Waals surface area contributed by atoms with Crippen LogP contribution in [0.2, 0.25) is 0 Å². The Hall–Kier alpha value is -2.26. The van der Waals surface area contributed by atoms with E-state index in [1.807, 2.05) is 14.0 Å². The second kappa shape index (κ2) is 6.66. The van der Waals surface area contributed by atoms with Crippen LogP contribution in [0.5, 0.6) is 0 Å². The Kier molecular flexibility index (Phi) is 4.24. The maximum Gasteiger partial charge on any atom is 0.259 e. The molecule has 0 bridgehead atoms. The molecular formula is C19H20N6OS2. The van der Waals surface area contributed by atoms with Crippen molar-refractivity contribution in [2.45, 2.75) is 43.4 Å². The molecule has 0 fully saturated rings. The third-order valence-corrected chi connectivity index (χ3v) is 7.62. The lowest BCUT2D eigenvalue weighted by molar-refractivity contribution is 0.509. The Morgan fingerprint density at radius 3 is 3.11 bits per heavy atom. The van der Waals surface area contributed by atoms with Crippen molar-refractivity contribution in [3.8, 4) is 0 Å². The predicted molar refractivity (Wildman–Crippen MR) is 112 cm³/mol. The first-order chi connectivity index (χ1) is 13.5. The normalized spacial score (nSPS) is 17.9. The highest BCUT2D eigenvalue weighted by molar-refractivity contribution is 7.99. The van der Waals surface area contributed by atoms with E-state index < -0.39 is 0 Å². The van der Waals surface area contributed by atoms with E-state index in [0.29, 0.717) is 11.7 Å². The summed E-state index contributed by atoms with van der Waals surface area (Å²) < 4.78 is 1.73. The second-order valence-corrected chi connectivity index (χ2v) is 9.84. The highest BCUT2D eigenvalue weighted by Gasteiger charge is 2.24. The molecule has 0 aromatic carbocycles. The van der Waals surface area contributed by atoms with Crippen LogP contribution in [0.4, 0.5) is 0 Å². The molecule has 144 valence electrons. The summed E-state index contributed by atoms with van der Waals surface area (Å²) in [5.41, 5.74) is 1.99. The van der Waals surface area contributed by atoms with Gasteiger partial charge >= 0.3 is 0 Å². The van der Waals surface area contributed by atoms with E-state index >= 15 is 0 Å². The number of nitrogens with one attached hydrogen (secondary N) is 1. The quantitative estimate of drug-likeness (QED) is 0.408. The Morgan fingerprint density at radius 1 is 1.39 bits per heavy atom. The molecule has 1 aliphatic carbocycles. The van der Waals surface area contributed by atoms with Gasteiger partial charge in [0.25, 0.3) is 5.56 Å². The van der Waals surface area contributed by atoms with E-state index in [0.717, 1.165) is 45.5 Å². The highest BCUT2D eigenvalue weighted by atomic mass is 32.2. The van der Waals surface area contributed by atoms with E-state index in [9.17, 15) is 4.79 Å². The van der Waals surface area contributed by atoms with Gasteiger partial charge in [0.2, 0.25) is 0 Å². The fourth-order valence-electron chi connectivity index (χ4n) is 3.82. The van der Waals surface area contributed by atoms with Gasteiger partial charge in [-0.2, -0.15) is 5.10 Å². The third kappa shape index (κ3) is 2.84. The minimum Gasteiger partial charge on any atom is -0.309 e. The average molecular weight is 413 g/mol. The van der Waals surface area contributed by atoms with Crippen molar-refractivity contribution in [1.82, 2.24) is 29.7 Å². The van der Waals surface area contributed by atoms with Crippen LogP contribution in [-0.2, 0) is 19.9 Å². The number of nitrogens with zero attached hydrogens (tertiary/aromatic N) is 5. The van der Waals surface area contributed by atoms with Crippen LogP contribution in [0, 0.1) is 5.92 Å². The lowest BCUT2D eigenvalue weighted by Crippen LogP contribution is -2.15. The van der Waals surface area contributed by atoms with Gasteiger partial charge < -0.3 is 4.98 Å². The molecule has 0 saturated heterocycles. The number of H-pyrrole nitrogens is 1. The molecule has 0 radical (unpaired) electrons. The number of hydrogen-bond acceptors (Lipinski definition) is 7. The number of rotatable bonds is 3. The number of fused-ring (bicyclic) bond motifs is 4. The summed E-state index contributed by atoms with van der Waals surface area (Å²) in [5.74, 6) is 1.36. The highest BCUT2D eigenvalue weighted by Crippen LogP contribution is 2.38. The minimum absolute atomic E-state index is 0.0197. The average Bonchev–Trinajstić information content (AvgIpc) is 3.22. The number of aromatic nitrogens is 6. The topological polar surface area (TPSA) is 89.3 Å². The number of thiophene rings is 1. The molecule has 0 spiro atoms. The van der Waals surface area contributed by atoms with Gasteiger partial charge in [0.05, 0.1) is 22.2 Å². The smallest absolute Gasteiger partial charge is 0.259 e. The zero-order valence-corrected chi connectivity index (χ0v) is 17.5. The van der Waals surface area contributed by atoms with Crippen LogP contribution in [0.3, 0.4) is 0 Å². The molecule has 1 N–H and O–H groups in total. The van der Waals surface area contributed by atoms with Crippen LogP contribution in [0.1, 0.15) is 41.8 Å². The predicted octanol–water partition coefficient (Wildman–Crippen LogP) is 3.64. The number of aryl methyl sites for hydroxylation is 2. The van der Waals surface area contributed by atoms with Gasteiger partial charge in [0, 0.05) is 11.9 Å². The van der Waals surface area contributed by atoms with Crippen molar-refractivity contribution >= 4 is 44.3 Å². The lowest BCUT2D eigenvalue weighted by Gasteiger charge is -2.17.